The van der Waals surface area contributed by atoms with Gasteiger partial charge < -0.3 is 14.2 Å². The van der Waals surface area contributed by atoms with E-state index in [1.54, 1.807) is 13.8 Å². The van der Waals surface area contributed by atoms with Crippen molar-refractivity contribution in [2.24, 2.45) is 5.92 Å². The van der Waals surface area contributed by atoms with Crippen LogP contribution in [0.4, 0.5) is 4.79 Å². The maximum absolute atomic E-state index is 11.8. The van der Waals surface area contributed by atoms with E-state index in [4.69, 9.17) is 14.2 Å². The number of carbonyl (C=O) groups is 2. The summed E-state index contributed by atoms with van der Waals surface area (Å²) in [6.45, 7) is 7.89. The molecule has 0 rings (SSSR count). The van der Waals surface area contributed by atoms with E-state index in [0.29, 0.717) is 19.4 Å². The third kappa shape index (κ3) is 5.89. The minimum absolute atomic E-state index is 0.257. The molecule has 106 valence electrons. The quantitative estimate of drug-likeness (QED) is 0.628. The van der Waals surface area contributed by atoms with Gasteiger partial charge in [0.25, 0.3) is 0 Å². The van der Waals surface area contributed by atoms with E-state index in [9.17, 15) is 9.59 Å². The van der Waals surface area contributed by atoms with Crippen LogP contribution in [0.15, 0.2) is 0 Å². The molecule has 18 heavy (non-hydrogen) atoms. The summed E-state index contributed by atoms with van der Waals surface area (Å²) in [5, 5.41) is 0. The monoisotopic (exact) mass is 260 g/mol. The first-order valence-electron chi connectivity index (χ1n) is 6.60. The number of hydrogen-bond donors (Lipinski definition) is 0. The second-order valence-electron chi connectivity index (χ2n) is 3.89. The first-order chi connectivity index (χ1) is 8.60. The Morgan fingerprint density at radius 3 is 2.06 bits per heavy atom. The van der Waals surface area contributed by atoms with E-state index >= 15 is 0 Å². The minimum Gasteiger partial charge on any atom is -0.466 e. The summed E-state index contributed by atoms with van der Waals surface area (Å²) in [6, 6.07) is 0. The lowest BCUT2D eigenvalue weighted by Gasteiger charge is -2.23. The fourth-order valence-corrected chi connectivity index (χ4v) is 1.74. The normalized spacial score (nSPS) is 13.6. The van der Waals surface area contributed by atoms with Crippen LogP contribution in [-0.2, 0) is 19.0 Å². The predicted octanol–water partition coefficient (Wildman–Crippen LogP) is 2.92. The van der Waals surface area contributed by atoms with Crippen molar-refractivity contribution in [1.29, 1.82) is 0 Å². The SMILES string of the molecule is CCCC(C(=O)OCC)C(CC)OC(=O)OCC. The van der Waals surface area contributed by atoms with Gasteiger partial charge in [0.2, 0.25) is 0 Å². The molecule has 5 heteroatoms. The zero-order valence-corrected chi connectivity index (χ0v) is 11.7. The van der Waals surface area contributed by atoms with E-state index < -0.39 is 18.2 Å². The fraction of sp³-hybridized carbons (Fsp3) is 0.846. The van der Waals surface area contributed by atoms with Crippen LogP contribution in [0.5, 0.6) is 0 Å². The molecular formula is C13H24O5. The van der Waals surface area contributed by atoms with Crippen LogP contribution >= 0.6 is 0 Å². The predicted molar refractivity (Wildman–Crippen MR) is 67.2 cm³/mol. The fourth-order valence-electron chi connectivity index (χ4n) is 1.74. The Bertz CT molecular complexity index is 252. The van der Waals surface area contributed by atoms with E-state index in [0.717, 1.165) is 6.42 Å². The lowest BCUT2D eigenvalue weighted by Crippen LogP contribution is -2.33. The van der Waals surface area contributed by atoms with Gasteiger partial charge in [0.05, 0.1) is 19.1 Å². The zero-order valence-electron chi connectivity index (χ0n) is 11.7. The summed E-state index contributed by atoms with van der Waals surface area (Å²) in [6.07, 6.45) is 0.809. The number of esters is 1. The maximum Gasteiger partial charge on any atom is 0.508 e. The molecular weight excluding hydrogens is 236 g/mol. The van der Waals surface area contributed by atoms with Gasteiger partial charge in [-0.15, -0.1) is 0 Å². The highest BCUT2D eigenvalue weighted by Gasteiger charge is 2.31. The third-order valence-electron chi connectivity index (χ3n) is 2.55. The molecule has 0 heterocycles. The van der Waals surface area contributed by atoms with Crippen molar-refractivity contribution in [3.63, 3.8) is 0 Å². The van der Waals surface area contributed by atoms with Gasteiger partial charge in [-0.3, -0.25) is 4.79 Å². The number of carbonyl (C=O) groups excluding carboxylic acids is 2. The first-order valence-corrected chi connectivity index (χ1v) is 6.60. The summed E-state index contributed by atoms with van der Waals surface area (Å²) >= 11 is 0. The molecule has 0 saturated heterocycles. The second-order valence-corrected chi connectivity index (χ2v) is 3.89. The van der Waals surface area contributed by atoms with Gasteiger partial charge in [0.15, 0.2) is 0 Å². The van der Waals surface area contributed by atoms with Gasteiger partial charge in [-0.1, -0.05) is 20.3 Å². The molecule has 2 unspecified atom stereocenters. The third-order valence-corrected chi connectivity index (χ3v) is 2.55. The van der Waals surface area contributed by atoms with E-state index in [1.807, 2.05) is 13.8 Å². The maximum atomic E-state index is 11.8. The molecule has 0 spiro atoms. The standard InChI is InChI=1S/C13H24O5/c1-5-9-10(12(14)16-7-3)11(6-2)18-13(15)17-8-4/h10-11H,5-9H2,1-4H3. The summed E-state index contributed by atoms with van der Waals surface area (Å²) in [5.74, 6) is -0.722. The van der Waals surface area contributed by atoms with Gasteiger partial charge in [-0.25, -0.2) is 4.79 Å². The Labute approximate surface area is 109 Å². The van der Waals surface area contributed by atoms with Crippen molar-refractivity contribution in [2.45, 2.75) is 53.1 Å². The Morgan fingerprint density at radius 1 is 1.00 bits per heavy atom. The van der Waals surface area contributed by atoms with Crippen molar-refractivity contribution in [3.8, 4) is 0 Å². The number of ether oxygens (including phenoxy) is 3. The van der Waals surface area contributed by atoms with Crippen LogP contribution in [0.2, 0.25) is 0 Å². The Hall–Kier alpha value is -1.26. The Kier molecular flexibility index (Phi) is 9.06. The molecule has 0 aromatic heterocycles. The highest BCUT2D eigenvalue weighted by atomic mass is 16.7. The molecule has 0 aliphatic carbocycles. The van der Waals surface area contributed by atoms with Crippen LogP contribution < -0.4 is 0 Å². The number of hydrogen-bond acceptors (Lipinski definition) is 5. The molecule has 0 fully saturated rings. The molecule has 0 amide bonds. The topological polar surface area (TPSA) is 61.8 Å². The van der Waals surface area contributed by atoms with Gasteiger partial charge in [0.1, 0.15) is 6.10 Å². The highest BCUT2D eigenvalue weighted by Crippen LogP contribution is 2.20. The second kappa shape index (κ2) is 9.74. The average molecular weight is 260 g/mol. The van der Waals surface area contributed by atoms with E-state index in [2.05, 4.69) is 0 Å². The van der Waals surface area contributed by atoms with E-state index in [1.165, 1.54) is 0 Å². The molecule has 0 radical (unpaired) electrons. The average Bonchev–Trinajstić information content (AvgIpc) is 2.34. The van der Waals surface area contributed by atoms with Crippen LogP contribution in [0, 0.1) is 5.92 Å². The molecule has 2 atom stereocenters. The lowest BCUT2D eigenvalue weighted by atomic mass is 9.95. The summed E-state index contributed by atoms with van der Waals surface area (Å²) in [4.78, 5) is 23.1. The van der Waals surface area contributed by atoms with Crippen molar-refractivity contribution < 1.29 is 23.8 Å². The van der Waals surface area contributed by atoms with Crippen molar-refractivity contribution in [3.05, 3.63) is 0 Å². The van der Waals surface area contributed by atoms with Crippen molar-refractivity contribution in [1.82, 2.24) is 0 Å². The van der Waals surface area contributed by atoms with E-state index in [-0.39, 0.29) is 12.6 Å². The molecule has 5 nitrogen and oxygen atoms in total. The molecule has 0 aliphatic rings. The first kappa shape index (κ1) is 16.7. The van der Waals surface area contributed by atoms with Crippen LogP contribution in [-0.4, -0.2) is 31.4 Å². The van der Waals surface area contributed by atoms with Gasteiger partial charge in [-0.2, -0.15) is 0 Å². The van der Waals surface area contributed by atoms with Crippen molar-refractivity contribution >= 4 is 12.1 Å². The van der Waals surface area contributed by atoms with Crippen molar-refractivity contribution in [2.75, 3.05) is 13.2 Å². The Morgan fingerprint density at radius 2 is 1.61 bits per heavy atom. The minimum atomic E-state index is -0.727. The van der Waals surface area contributed by atoms with Crippen LogP contribution in [0.3, 0.4) is 0 Å². The lowest BCUT2D eigenvalue weighted by molar-refractivity contribution is -0.153. The molecule has 0 saturated carbocycles. The Balaban J connectivity index is 4.60. The highest BCUT2D eigenvalue weighted by molar-refractivity contribution is 5.73. The van der Waals surface area contributed by atoms with Gasteiger partial charge in [-0.05, 0) is 26.7 Å². The molecule has 0 aliphatic heterocycles. The molecule has 0 N–H and O–H groups in total. The molecule has 0 aromatic rings. The zero-order chi connectivity index (χ0) is 14.0. The van der Waals surface area contributed by atoms with Gasteiger partial charge in [0, 0.05) is 0 Å². The van der Waals surface area contributed by atoms with Gasteiger partial charge >= 0.3 is 12.1 Å². The summed E-state index contributed by atoms with van der Waals surface area (Å²) < 4.78 is 14.9. The van der Waals surface area contributed by atoms with Crippen LogP contribution in [0.25, 0.3) is 0 Å². The summed E-state index contributed by atoms with van der Waals surface area (Å²) in [5.41, 5.74) is 0. The smallest absolute Gasteiger partial charge is 0.466 e. The summed E-state index contributed by atoms with van der Waals surface area (Å²) in [7, 11) is 0. The molecule has 0 aromatic carbocycles. The molecule has 0 bridgehead atoms. The number of rotatable bonds is 8. The van der Waals surface area contributed by atoms with Crippen LogP contribution in [0.1, 0.15) is 47.0 Å². The largest absolute Gasteiger partial charge is 0.508 e.